The molecule has 324 valence electrons. The van der Waals surface area contributed by atoms with E-state index in [1.165, 1.54) is 12.4 Å². The van der Waals surface area contributed by atoms with Gasteiger partial charge in [0.25, 0.3) is 0 Å². The summed E-state index contributed by atoms with van der Waals surface area (Å²) in [4.78, 5) is 46.7. The number of aliphatic hydroxyl groups is 2. The first-order chi connectivity index (χ1) is 29.4. The zero-order valence-corrected chi connectivity index (χ0v) is 35.6. The first-order valence-corrected chi connectivity index (χ1v) is 21.3. The molecular weight excluding hydrogens is 827 g/mol. The summed E-state index contributed by atoms with van der Waals surface area (Å²) in [6.07, 6.45) is 7.98. The van der Waals surface area contributed by atoms with Gasteiger partial charge in [-0.1, -0.05) is 23.2 Å². The third-order valence-corrected chi connectivity index (χ3v) is 12.7. The number of carbonyl (C=O) groups is 2. The fourth-order valence-corrected chi connectivity index (χ4v) is 9.05. The van der Waals surface area contributed by atoms with Crippen LogP contribution in [0.5, 0.6) is 11.5 Å². The molecule has 0 aliphatic carbocycles. The Kier molecular flexibility index (Phi) is 12.8. The van der Waals surface area contributed by atoms with E-state index < -0.39 is 29.3 Å². The normalized spacial score (nSPS) is 21.6. The van der Waals surface area contributed by atoms with E-state index in [-0.39, 0.29) is 23.7 Å². The summed E-state index contributed by atoms with van der Waals surface area (Å²) in [6, 6.07) is 11.2. The van der Waals surface area contributed by atoms with Crippen LogP contribution in [0.25, 0.3) is 0 Å². The first kappa shape index (κ1) is 43.1. The van der Waals surface area contributed by atoms with Gasteiger partial charge in [0, 0.05) is 34.5 Å². The molecule has 3 fully saturated rings. The van der Waals surface area contributed by atoms with Crippen LogP contribution in [0, 0.1) is 0 Å². The van der Waals surface area contributed by atoms with Crippen molar-refractivity contribution >= 4 is 46.4 Å². The number of likely N-dealkylation sites (tertiary alicyclic amines) is 2. The van der Waals surface area contributed by atoms with Crippen LogP contribution in [0.15, 0.2) is 61.2 Å². The van der Waals surface area contributed by atoms with Gasteiger partial charge >= 0.3 is 0 Å². The van der Waals surface area contributed by atoms with Crippen molar-refractivity contribution in [3.8, 4) is 11.5 Å². The Bertz CT molecular complexity index is 2200. The lowest BCUT2D eigenvalue weighted by molar-refractivity contribution is -0.140. The number of carbonyl (C=O) groups excluding carboxylic acids is 2. The van der Waals surface area contributed by atoms with Gasteiger partial charge in [-0.25, -0.2) is 19.9 Å². The molecule has 2 spiro atoms. The molecule has 9 rings (SSSR count). The van der Waals surface area contributed by atoms with E-state index in [0.29, 0.717) is 47.2 Å². The average Bonchev–Trinajstić information content (AvgIpc) is 3.86. The fraction of sp³-hybridized carbons (Fsp3) is 0.488. The molecule has 4 N–H and O–H groups in total. The van der Waals surface area contributed by atoms with Crippen LogP contribution >= 0.6 is 23.2 Å². The van der Waals surface area contributed by atoms with Crippen molar-refractivity contribution in [2.75, 3.05) is 76.3 Å². The summed E-state index contributed by atoms with van der Waals surface area (Å²) < 4.78 is 22.9. The molecule has 0 radical (unpaired) electrons. The van der Waals surface area contributed by atoms with Gasteiger partial charge in [-0.3, -0.25) is 19.4 Å². The third kappa shape index (κ3) is 9.32. The highest BCUT2D eigenvalue weighted by atomic mass is 35.5. The van der Waals surface area contributed by atoms with E-state index in [0.717, 1.165) is 87.5 Å². The first-order valence-electron chi connectivity index (χ1n) is 20.5. The van der Waals surface area contributed by atoms with Crippen LogP contribution in [0.2, 0.25) is 10.0 Å². The molecule has 5 aliphatic rings. The van der Waals surface area contributed by atoms with Crippen LogP contribution in [0.4, 0.5) is 11.4 Å². The number of anilines is 2. The number of halogens is 2. The summed E-state index contributed by atoms with van der Waals surface area (Å²) >= 11 is 12.4. The number of piperidine rings is 2. The van der Waals surface area contributed by atoms with Crippen molar-refractivity contribution in [1.82, 2.24) is 29.7 Å². The number of aliphatic hydroxyl groups excluding tert-OH is 2. The maximum Gasteiger partial charge on any atom is 0.235 e. The second-order valence-electron chi connectivity index (χ2n) is 16.4. The summed E-state index contributed by atoms with van der Waals surface area (Å²) in [5.41, 5.74) is 2.83. The molecule has 2 aromatic heterocycles. The minimum atomic E-state index is -1.09. The number of benzene rings is 2. The summed E-state index contributed by atoms with van der Waals surface area (Å²) in [5.74, 6) is 1.43. The standard InChI is InChI=1S/C23H27ClN4O4.C20H23ClN4O4/c1-22(2)31-14-19(32-22)20-25-12-16(13-26-20)30-10-9-28-7-5-23(6-8-28)17-11-15(24)3-4-18(17)27-21(23)29;21-13-1-2-16-15(9-13)20(19(28)24-16)3-5-25(6-4-20)7-8-29-14-10-22-18(23-11-14)17(27)12-26/h3-4,11-13,19H,5-10,14H2,1-2H3,(H,27,29);1-2,9-11,17,26-27H,3-8,12H2,(H,24,28). The zero-order valence-electron chi connectivity index (χ0n) is 34.1. The smallest absolute Gasteiger partial charge is 0.235 e. The van der Waals surface area contributed by atoms with Gasteiger partial charge in [0.05, 0.1) is 48.8 Å². The second-order valence-corrected chi connectivity index (χ2v) is 17.3. The molecule has 4 aromatic rings. The third-order valence-electron chi connectivity index (χ3n) is 12.2. The molecule has 7 heterocycles. The predicted molar refractivity (Wildman–Crippen MR) is 226 cm³/mol. The number of hydrogen-bond donors (Lipinski definition) is 4. The Morgan fingerprint density at radius 1 is 0.770 bits per heavy atom. The van der Waals surface area contributed by atoms with E-state index in [1.807, 2.05) is 44.2 Å². The Balaban J connectivity index is 0.000000169. The van der Waals surface area contributed by atoms with E-state index >= 15 is 0 Å². The summed E-state index contributed by atoms with van der Waals surface area (Å²) in [7, 11) is 0. The molecule has 16 nitrogen and oxygen atoms in total. The number of ether oxygens (including phenoxy) is 4. The predicted octanol–water partition coefficient (Wildman–Crippen LogP) is 4.84. The van der Waals surface area contributed by atoms with Crippen molar-refractivity contribution in [3.05, 3.63) is 94.0 Å². The maximum absolute atomic E-state index is 12.8. The number of nitrogens with zero attached hydrogens (tertiary/aromatic N) is 6. The Labute approximate surface area is 363 Å². The SMILES string of the molecule is CC1(C)OCC(c2ncc(OCCN3CCC4(CC3)C(=O)Nc3ccc(Cl)cc34)cn2)O1.O=C1Nc2ccc(Cl)cc2C12CCN(CCOc1cnc(C(O)CO)nc1)CC2. The number of nitrogens with one attached hydrogen (secondary N) is 2. The second kappa shape index (κ2) is 18.1. The van der Waals surface area contributed by atoms with E-state index in [4.69, 9.17) is 47.3 Å². The summed E-state index contributed by atoms with van der Waals surface area (Å²) in [5, 5.41) is 25.7. The maximum atomic E-state index is 12.8. The van der Waals surface area contributed by atoms with Crippen LogP contribution in [-0.2, 0) is 29.9 Å². The van der Waals surface area contributed by atoms with Gasteiger partial charge in [-0.15, -0.1) is 0 Å². The molecule has 5 aliphatic heterocycles. The van der Waals surface area contributed by atoms with Gasteiger partial charge in [-0.2, -0.15) is 0 Å². The van der Waals surface area contributed by atoms with Crippen molar-refractivity contribution in [1.29, 1.82) is 0 Å². The number of hydrogen-bond acceptors (Lipinski definition) is 14. The highest BCUT2D eigenvalue weighted by Crippen LogP contribution is 2.47. The molecule has 2 amide bonds. The lowest BCUT2D eigenvalue weighted by atomic mass is 9.73. The van der Waals surface area contributed by atoms with E-state index in [9.17, 15) is 14.7 Å². The number of fused-ring (bicyclic) bond motifs is 4. The number of aromatic nitrogens is 4. The van der Waals surface area contributed by atoms with Gasteiger partial charge in [0.15, 0.2) is 28.9 Å². The number of amides is 2. The average molecular weight is 878 g/mol. The largest absolute Gasteiger partial charge is 0.489 e. The van der Waals surface area contributed by atoms with Gasteiger partial charge in [-0.05, 0) is 113 Å². The van der Waals surface area contributed by atoms with E-state index in [1.54, 1.807) is 18.5 Å². The monoisotopic (exact) mass is 876 g/mol. The highest BCUT2D eigenvalue weighted by molar-refractivity contribution is 6.31. The minimum Gasteiger partial charge on any atom is -0.489 e. The Hall–Kier alpha value is -4.52. The highest BCUT2D eigenvalue weighted by Gasteiger charge is 2.49. The van der Waals surface area contributed by atoms with Crippen molar-refractivity contribution < 1.29 is 38.7 Å². The van der Waals surface area contributed by atoms with Crippen molar-refractivity contribution in [2.24, 2.45) is 0 Å². The molecule has 2 unspecified atom stereocenters. The topological polar surface area (TPSA) is 194 Å². The molecule has 2 atom stereocenters. The van der Waals surface area contributed by atoms with Gasteiger partial charge < -0.3 is 39.8 Å². The molecule has 3 saturated heterocycles. The van der Waals surface area contributed by atoms with Crippen molar-refractivity contribution in [3.63, 3.8) is 0 Å². The van der Waals surface area contributed by atoms with E-state index in [2.05, 4.69) is 40.4 Å². The molecular formula is C43H50Cl2N8O8. The lowest BCUT2D eigenvalue weighted by Crippen LogP contribution is -2.47. The Morgan fingerprint density at radius 2 is 1.23 bits per heavy atom. The van der Waals surface area contributed by atoms with Gasteiger partial charge in [0.2, 0.25) is 11.8 Å². The van der Waals surface area contributed by atoms with Crippen LogP contribution in [0.3, 0.4) is 0 Å². The van der Waals surface area contributed by atoms with Crippen LogP contribution in [-0.4, -0.2) is 123 Å². The summed E-state index contributed by atoms with van der Waals surface area (Å²) in [6.45, 7) is 9.50. The zero-order chi connectivity index (χ0) is 42.8. The minimum absolute atomic E-state index is 0.0629. The molecule has 18 heteroatoms. The molecule has 0 bridgehead atoms. The number of rotatable bonds is 11. The molecule has 61 heavy (non-hydrogen) atoms. The van der Waals surface area contributed by atoms with Crippen molar-refractivity contribution in [2.45, 2.75) is 68.4 Å². The molecule has 2 aromatic carbocycles. The van der Waals surface area contributed by atoms with Gasteiger partial charge in [0.1, 0.15) is 25.4 Å². The van der Waals surface area contributed by atoms with Crippen LogP contribution in [0.1, 0.15) is 74.5 Å². The fourth-order valence-electron chi connectivity index (χ4n) is 8.70. The van der Waals surface area contributed by atoms with Crippen LogP contribution < -0.4 is 20.1 Å². The molecule has 0 saturated carbocycles. The quantitative estimate of drug-likeness (QED) is 0.160. The Morgan fingerprint density at radius 3 is 1.66 bits per heavy atom. The lowest BCUT2D eigenvalue weighted by Gasteiger charge is -2.37.